The van der Waals surface area contributed by atoms with Gasteiger partial charge in [-0.05, 0) is 37.3 Å². The monoisotopic (exact) mass is 371 g/mol. The van der Waals surface area contributed by atoms with Crippen LogP contribution in [0.5, 0.6) is 0 Å². The largest absolute Gasteiger partial charge is 0.354 e. The number of aryl methyl sites for hydroxylation is 1. The second kappa shape index (κ2) is 8.14. The van der Waals surface area contributed by atoms with Crippen LogP contribution in [-0.2, 0) is 11.3 Å². The molecule has 0 aliphatic rings. The predicted octanol–water partition coefficient (Wildman–Crippen LogP) is 2.75. The average Bonchev–Trinajstić information content (AvgIpc) is 2.63. The first-order valence-electron chi connectivity index (χ1n) is 8.14. The van der Waals surface area contributed by atoms with Crippen LogP contribution in [0.2, 0.25) is 0 Å². The number of rotatable bonds is 6. The number of nitrogens with one attached hydrogen (secondary N) is 1. The topological polar surface area (TPSA) is 64.0 Å². The highest BCUT2D eigenvalue weighted by Gasteiger charge is 2.08. The van der Waals surface area contributed by atoms with Gasteiger partial charge < -0.3 is 5.32 Å². The Bertz CT molecular complexity index is 986. The van der Waals surface area contributed by atoms with Gasteiger partial charge in [-0.3, -0.25) is 14.2 Å². The molecule has 26 heavy (non-hydrogen) atoms. The van der Waals surface area contributed by atoms with Crippen LogP contribution >= 0.6 is 11.8 Å². The number of aromatic nitrogens is 2. The number of amides is 1. The van der Waals surface area contributed by atoms with E-state index in [1.165, 1.54) is 28.6 Å². The third kappa shape index (κ3) is 4.49. The minimum Gasteiger partial charge on any atom is -0.354 e. The maximum atomic E-state index is 13.3. The van der Waals surface area contributed by atoms with Crippen molar-refractivity contribution in [3.05, 3.63) is 70.5 Å². The van der Waals surface area contributed by atoms with E-state index < -0.39 is 11.4 Å². The van der Waals surface area contributed by atoms with Gasteiger partial charge in [0.25, 0.3) is 5.56 Å². The first kappa shape index (κ1) is 18.1. The summed E-state index contributed by atoms with van der Waals surface area (Å²) < 4.78 is 14.5. The Hall–Kier alpha value is -2.67. The van der Waals surface area contributed by atoms with Crippen molar-refractivity contribution < 1.29 is 9.18 Å². The summed E-state index contributed by atoms with van der Waals surface area (Å²) in [6.07, 6.45) is 1.31. The van der Waals surface area contributed by atoms with Crippen molar-refractivity contribution in [3.63, 3.8) is 0 Å². The lowest BCUT2D eigenvalue weighted by Gasteiger charge is -2.08. The highest BCUT2D eigenvalue weighted by molar-refractivity contribution is 7.99. The molecule has 0 aliphatic carbocycles. The van der Waals surface area contributed by atoms with E-state index in [1.807, 2.05) is 31.2 Å². The van der Waals surface area contributed by atoms with Crippen LogP contribution in [0.25, 0.3) is 10.9 Å². The van der Waals surface area contributed by atoms with E-state index in [-0.39, 0.29) is 17.8 Å². The Morgan fingerprint density at radius 1 is 1.23 bits per heavy atom. The lowest BCUT2D eigenvalue weighted by Crippen LogP contribution is -2.33. The van der Waals surface area contributed by atoms with Crippen LogP contribution in [0.4, 0.5) is 4.39 Å². The standard InChI is InChI=1S/C19H18FN3O2S/c1-13-2-5-15(6-3-13)26-9-8-21-18(24)11-23-12-22-17-7-4-14(20)10-16(17)19(23)25/h2-7,10,12H,8-9,11H2,1H3,(H,21,24). The number of hydrogen-bond acceptors (Lipinski definition) is 4. The van der Waals surface area contributed by atoms with E-state index >= 15 is 0 Å². The maximum Gasteiger partial charge on any atom is 0.261 e. The van der Waals surface area contributed by atoms with Gasteiger partial charge in [0.15, 0.2) is 0 Å². The van der Waals surface area contributed by atoms with Crippen LogP contribution in [0.1, 0.15) is 5.56 Å². The van der Waals surface area contributed by atoms with Crippen LogP contribution in [0.3, 0.4) is 0 Å². The van der Waals surface area contributed by atoms with Crippen molar-refractivity contribution in [2.24, 2.45) is 0 Å². The van der Waals surface area contributed by atoms with Gasteiger partial charge in [0, 0.05) is 17.2 Å². The third-order valence-corrected chi connectivity index (χ3v) is 4.83. The molecule has 0 atom stereocenters. The molecule has 5 nitrogen and oxygen atoms in total. The second-order valence-electron chi connectivity index (χ2n) is 5.85. The molecule has 134 valence electrons. The molecule has 0 saturated heterocycles. The first-order valence-corrected chi connectivity index (χ1v) is 9.12. The molecule has 0 spiro atoms. The molecule has 0 unspecified atom stereocenters. The van der Waals surface area contributed by atoms with Gasteiger partial charge in [-0.25, -0.2) is 9.37 Å². The number of fused-ring (bicyclic) bond motifs is 1. The van der Waals surface area contributed by atoms with E-state index in [0.717, 1.165) is 16.7 Å². The number of hydrogen-bond donors (Lipinski definition) is 1. The Balaban J connectivity index is 1.55. The Morgan fingerprint density at radius 2 is 2.00 bits per heavy atom. The molecule has 7 heteroatoms. The molecule has 3 aromatic rings. The molecule has 1 heterocycles. The number of benzene rings is 2. The third-order valence-electron chi connectivity index (χ3n) is 3.81. The number of carbonyl (C=O) groups is 1. The van der Waals surface area contributed by atoms with Gasteiger partial charge in [0.2, 0.25) is 5.91 Å². The zero-order valence-electron chi connectivity index (χ0n) is 14.2. The molecular formula is C19H18FN3O2S. The number of thioether (sulfide) groups is 1. The zero-order chi connectivity index (χ0) is 18.5. The molecule has 0 saturated carbocycles. The van der Waals surface area contributed by atoms with Crippen molar-refractivity contribution in [2.45, 2.75) is 18.4 Å². The van der Waals surface area contributed by atoms with Crippen LogP contribution in [-0.4, -0.2) is 27.8 Å². The fourth-order valence-electron chi connectivity index (χ4n) is 2.45. The first-order chi connectivity index (χ1) is 12.5. The van der Waals surface area contributed by atoms with Crippen molar-refractivity contribution in [3.8, 4) is 0 Å². The van der Waals surface area contributed by atoms with E-state index in [1.54, 1.807) is 11.8 Å². The summed E-state index contributed by atoms with van der Waals surface area (Å²) in [6, 6.07) is 12.0. The highest BCUT2D eigenvalue weighted by atomic mass is 32.2. The molecule has 0 aliphatic heterocycles. The summed E-state index contributed by atoms with van der Waals surface area (Å²) in [5.74, 6) is -0.0638. The van der Waals surface area contributed by atoms with E-state index in [4.69, 9.17) is 0 Å². The summed E-state index contributed by atoms with van der Waals surface area (Å²) in [5.41, 5.74) is 1.18. The van der Waals surface area contributed by atoms with Gasteiger partial charge in [-0.2, -0.15) is 0 Å². The second-order valence-corrected chi connectivity index (χ2v) is 7.02. The molecule has 0 fully saturated rings. The lowest BCUT2D eigenvalue weighted by molar-refractivity contribution is -0.121. The molecular weight excluding hydrogens is 353 g/mol. The fourth-order valence-corrected chi connectivity index (χ4v) is 3.22. The Kier molecular flexibility index (Phi) is 5.68. The van der Waals surface area contributed by atoms with Gasteiger partial charge in [0.1, 0.15) is 12.4 Å². The molecule has 1 aromatic heterocycles. The Labute approximate surface area is 154 Å². The molecule has 1 N–H and O–H groups in total. The van der Waals surface area contributed by atoms with E-state index in [0.29, 0.717) is 12.1 Å². The minimum absolute atomic E-state index is 0.145. The average molecular weight is 371 g/mol. The molecule has 3 rings (SSSR count). The maximum absolute atomic E-state index is 13.3. The summed E-state index contributed by atoms with van der Waals surface area (Å²) in [7, 11) is 0. The summed E-state index contributed by atoms with van der Waals surface area (Å²) in [5, 5.41) is 2.94. The molecule has 0 radical (unpaired) electrons. The number of carbonyl (C=O) groups excluding carboxylic acids is 1. The number of nitrogens with zero attached hydrogens (tertiary/aromatic N) is 2. The Morgan fingerprint density at radius 3 is 2.77 bits per heavy atom. The van der Waals surface area contributed by atoms with Crippen molar-refractivity contribution in [1.29, 1.82) is 0 Å². The smallest absolute Gasteiger partial charge is 0.261 e. The summed E-state index contributed by atoms with van der Waals surface area (Å²) in [4.78, 5) is 29.6. The van der Waals surface area contributed by atoms with Gasteiger partial charge in [-0.1, -0.05) is 17.7 Å². The van der Waals surface area contributed by atoms with Crippen molar-refractivity contribution in [2.75, 3.05) is 12.3 Å². The normalized spacial score (nSPS) is 10.8. The quantitative estimate of drug-likeness (QED) is 0.535. The zero-order valence-corrected chi connectivity index (χ0v) is 15.1. The van der Waals surface area contributed by atoms with E-state index in [2.05, 4.69) is 10.3 Å². The van der Waals surface area contributed by atoms with Crippen LogP contribution in [0.15, 0.2) is 58.5 Å². The van der Waals surface area contributed by atoms with Crippen LogP contribution < -0.4 is 10.9 Å². The van der Waals surface area contributed by atoms with Gasteiger partial charge in [-0.15, -0.1) is 11.8 Å². The SMILES string of the molecule is Cc1ccc(SCCNC(=O)Cn2cnc3ccc(F)cc3c2=O)cc1. The van der Waals surface area contributed by atoms with Crippen molar-refractivity contribution in [1.82, 2.24) is 14.9 Å². The predicted molar refractivity (Wildman–Crippen MR) is 101 cm³/mol. The fraction of sp³-hybridized carbons (Fsp3) is 0.211. The van der Waals surface area contributed by atoms with Crippen molar-refractivity contribution >= 4 is 28.6 Å². The molecule has 2 aromatic carbocycles. The van der Waals surface area contributed by atoms with Crippen LogP contribution in [0, 0.1) is 12.7 Å². The molecule has 1 amide bonds. The summed E-state index contributed by atoms with van der Waals surface area (Å²) >= 11 is 1.65. The minimum atomic E-state index is -0.508. The highest BCUT2D eigenvalue weighted by Crippen LogP contribution is 2.17. The van der Waals surface area contributed by atoms with E-state index in [9.17, 15) is 14.0 Å². The summed E-state index contributed by atoms with van der Waals surface area (Å²) in [6.45, 7) is 2.38. The van der Waals surface area contributed by atoms with Gasteiger partial charge >= 0.3 is 0 Å². The molecule has 0 bridgehead atoms. The lowest BCUT2D eigenvalue weighted by atomic mass is 10.2. The van der Waals surface area contributed by atoms with Gasteiger partial charge in [0.05, 0.1) is 17.2 Å². The number of halogens is 1.